The molecule has 5 nitrogen and oxygen atoms in total. The Morgan fingerprint density at radius 3 is 2.80 bits per heavy atom. The summed E-state index contributed by atoms with van der Waals surface area (Å²) < 4.78 is 2.13. The van der Waals surface area contributed by atoms with E-state index < -0.39 is 0 Å². The summed E-state index contributed by atoms with van der Waals surface area (Å²) in [7, 11) is 0. The van der Waals surface area contributed by atoms with E-state index >= 15 is 0 Å². The van der Waals surface area contributed by atoms with Crippen molar-refractivity contribution in [3.63, 3.8) is 0 Å². The van der Waals surface area contributed by atoms with Crippen LogP contribution in [-0.2, 0) is 0 Å². The predicted molar refractivity (Wildman–Crippen MR) is 80.5 cm³/mol. The standard InChI is InChI=1S/C13H10N4OS2/c14-12(17-18)10-6-5-8(7-15-10)19-13-16-9-3-1-2-4-11(9)20-13/h1-7,18H,(H2,14,17). The largest absolute Gasteiger partial charge is 0.409 e. The third kappa shape index (κ3) is 2.59. The molecular formula is C13H10N4OS2. The number of hydrogen-bond donors (Lipinski definition) is 2. The molecule has 0 saturated heterocycles. The first-order valence-corrected chi connectivity index (χ1v) is 7.37. The number of fused-ring (bicyclic) bond motifs is 1. The summed E-state index contributed by atoms with van der Waals surface area (Å²) in [6, 6.07) is 11.6. The highest BCUT2D eigenvalue weighted by Crippen LogP contribution is 2.33. The van der Waals surface area contributed by atoms with E-state index in [-0.39, 0.29) is 5.84 Å². The fourth-order valence-corrected chi connectivity index (χ4v) is 3.65. The maximum Gasteiger partial charge on any atom is 0.188 e. The van der Waals surface area contributed by atoms with Crippen LogP contribution < -0.4 is 5.73 Å². The van der Waals surface area contributed by atoms with E-state index in [4.69, 9.17) is 10.9 Å². The molecule has 3 aromatic rings. The average Bonchev–Trinajstić information content (AvgIpc) is 2.89. The lowest BCUT2D eigenvalue weighted by Gasteiger charge is -1.99. The van der Waals surface area contributed by atoms with Crippen LogP contribution in [0.1, 0.15) is 5.69 Å². The van der Waals surface area contributed by atoms with Crippen LogP contribution in [-0.4, -0.2) is 21.0 Å². The number of pyridine rings is 1. The lowest BCUT2D eigenvalue weighted by atomic mass is 10.3. The Morgan fingerprint density at radius 2 is 2.10 bits per heavy atom. The average molecular weight is 302 g/mol. The summed E-state index contributed by atoms with van der Waals surface area (Å²) in [4.78, 5) is 9.64. The molecule has 0 aliphatic carbocycles. The molecule has 0 atom stereocenters. The van der Waals surface area contributed by atoms with E-state index in [1.807, 2.05) is 24.3 Å². The van der Waals surface area contributed by atoms with Gasteiger partial charge in [0.2, 0.25) is 0 Å². The Balaban J connectivity index is 1.83. The van der Waals surface area contributed by atoms with Crippen molar-refractivity contribution in [3.05, 3.63) is 48.3 Å². The molecule has 0 unspecified atom stereocenters. The molecule has 0 aliphatic rings. The van der Waals surface area contributed by atoms with E-state index in [2.05, 4.69) is 21.2 Å². The van der Waals surface area contributed by atoms with Gasteiger partial charge in [-0.3, -0.25) is 4.98 Å². The smallest absolute Gasteiger partial charge is 0.188 e. The predicted octanol–water partition coefficient (Wildman–Crippen LogP) is 2.94. The van der Waals surface area contributed by atoms with E-state index in [1.165, 1.54) is 0 Å². The van der Waals surface area contributed by atoms with Gasteiger partial charge in [-0.15, -0.1) is 11.3 Å². The molecule has 100 valence electrons. The monoisotopic (exact) mass is 302 g/mol. The molecule has 3 N–H and O–H groups in total. The lowest BCUT2D eigenvalue weighted by molar-refractivity contribution is 0.318. The fraction of sp³-hybridized carbons (Fsp3) is 0. The highest BCUT2D eigenvalue weighted by atomic mass is 32.2. The maximum atomic E-state index is 8.58. The molecular weight excluding hydrogens is 292 g/mol. The number of nitrogens with two attached hydrogens (primary N) is 1. The van der Waals surface area contributed by atoms with Crippen LogP contribution in [0.4, 0.5) is 0 Å². The van der Waals surface area contributed by atoms with Crippen molar-refractivity contribution in [2.75, 3.05) is 0 Å². The van der Waals surface area contributed by atoms with Gasteiger partial charge in [0.15, 0.2) is 10.2 Å². The molecule has 0 bridgehead atoms. The number of rotatable bonds is 3. The van der Waals surface area contributed by atoms with Gasteiger partial charge in [-0.1, -0.05) is 29.1 Å². The topological polar surface area (TPSA) is 84.4 Å². The van der Waals surface area contributed by atoms with Crippen molar-refractivity contribution < 1.29 is 5.21 Å². The number of nitrogens with zero attached hydrogens (tertiary/aromatic N) is 3. The third-order valence-electron chi connectivity index (χ3n) is 2.59. The Labute approximate surface area is 123 Å². The Hall–Kier alpha value is -2.12. The Morgan fingerprint density at radius 1 is 1.25 bits per heavy atom. The van der Waals surface area contributed by atoms with Crippen molar-refractivity contribution >= 4 is 39.2 Å². The van der Waals surface area contributed by atoms with Crippen molar-refractivity contribution in [3.8, 4) is 0 Å². The van der Waals surface area contributed by atoms with Gasteiger partial charge in [0.25, 0.3) is 0 Å². The van der Waals surface area contributed by atoms with Crippen LogP contribution >= 0.6 is 23.1 Å². The molecule has 20 heavy (non-hydrogen) atoms. The second-order valence-corrected chi connectivity index (χ2v) is 6.27. The molecule has 3 rings (SSSR count). The summed E-state index contributed by atoms with van der Waals surface area (Å²) in [5, 5.41) is 11.5. The zero-order valence-corrected chi connectivity index (χ0v) is 11.9. The van der Waals surface area contributed by atoms with Gasteiger partial charge >= 0.3 is 0 Å². The summed E-state index contributed by atoms with van der Waals surface area (Å²) in [6.07, 6.45) is 1.68. The van der Waals surface area contributed by atoms with E-state index in [0.717, 1.165) is 19.5 Å². The van der Waals surface area contributed by atoms with Gasteiger partial charge in [0, 0.05) is 11.1 Å². The van der Waals surface area contributed by atoms with Gasteiger partial charge in [-0.05, 0) is 24.3 Å². The molecule has 0 amide bonds. The molecule has 0 fully saturated rings. The second kappa shape index (κ2) is 5.48. The lowest BCUT2D eigenvalue weighted by Crippen LogP contribution is -2.14. The number of aromatic nitrogens is 2. The van der Waals surface area contributed by atoms with Crippen molar-refractivity contribution in [2.24, 2.45) is 10.9 Å². The molecule has 1 aromatic carbocycles. The maximum absolute atomic E-state index is 8.58. The number of para-hydroxylation sites is 1. The minimum absolute atomic E-state index is 0.00142. The van der Waals surface area contributed by atoms with Gasteiger partial charge in [-0.2, -0.15) is 0 Å². The first-order valence-electron chi connectivity index (χ1n) is 5.73. The molecule has 0 spiro atoms. The zero-order chi connectivity index (χ0) is 13.9. The van der Waals surface area contributed by atoms with Crippen molar-refractivity contribution in [1.82, 2.24) is 9.97 Å². The second-order valence-electron chi connectivity index (χ2n) is 3.91. The quantitative estimate of drug-likeness (QED) is 0.336. The summed E-state index contributed by atoms with van der Waals surface area (Å²) in [5.74, 6) is 0.00142. The van der Waals surface area contributed by atoms with Crippen LogP contribution in [0.3, 0.4) is 0 Å². The van der Waals surface area contributed by atoms with Crippen molar-refractivity contribution in [1.29, 1.82) is 0 Å². The summed E-state index contributed by atoms with van der Waals surface area (Å²) in [5.41, 5.74) is 6.91. The van der Waals surface area contributed by atoms with Crippen LogP contribution in [0.5, 0.6) is 0 Å². The highest BCUT2D eigenvalue weighted by molar-refractivity contribution is 8.01. The summed E-state index contributed by atoms with van der Waals surface area (Å²) in [6.45, 7) is 0. The van der Waals surface area contributed by atoms with Gasteiger partial charge in [0.1, 0.15) is 5.69 Å². The fourth-order valence-electron chi connectivity index (χ4n) is 1.64. The van der Waals surface area contributed by atoms with Crippen molar-refractivity contribution in [2.45, 2.75) is 9.24 Å². The molecule has 0 saturated carbocycles. The first kappa shape index (κ1) is 12.9. The third-order valence-corrected chi connectivity index (χ3v) is 4.66. The highest BCUT2D eigenvalue weighted by Gasteiger charge is 2.06. The van der Waals surface area contributed by atoms with Gasteiger partial charge in [-0.25, -0.2) is 4.98 Å². The minimum Gasteiger partial charge on any atom is -0.409 e. The number of benzene rings is 1. The number of oxime groups is 1. The van der Waals surface area contributed by atoms with Crippen LogP contribution in [0.25, 0.3) is 10.2 Å². The summed E-state index contributed by atoms with van der Waals surface area (Å²) >= 11 is 3.19. The van der Waals surface area contributed by atoms with Crippen LogP contribution in [0.2, 0.25) is 0 Å². The van der Waals surface area contributed by atoms with Crippen LogP contribution in [0.15, 0.2) is 57.0 Å². The molecule has 0 radical (unpaired) electrons. The molecule has 2 aromatic heterocycles. The Bertz CT molecular complexity index is 734. The normalized spacial score (nSPS) is 11.9. The number of hydrogen-bond acceptors (Lipinski definition) is 6. The SMILES string of the molecule is N/C(=N/O)c1ccc(Sc2nc3ccccc3s2)cn1. The van der Waals surface area contributed by atoms with Crippen LogP contribution in [0, 0.1) is 0 Å². The minimum atomic E-state index is 0.00142. The zero-order valence-electron chi connectivity index (χ0n) is 10.2. The van der Waals surface area contributed by atoms with E-state index in [9.17, 15) is 0 Å². The first-order chi connectivity index (χ1) is 9.76. The molecule has 0 aliphatic heterocycles. The molecule has 2 heterocycles. The molecule has 7 heteroatoms. The number of thiazole rings is 1. The number of amidine groups is 1. The van der Waals surface area contributed by atoms with Gasteiger partial charge < -0.3 is 10.9 Å². The van der Waals surface area contributed by atoms with E-state index in [1.54, 1.807) is 35.4 Å². The van der Waals surface area contributed by atoms with E-state index in [0.29, 0.717) is 5.69 Å². The van der Waals surface area contributed by atoms with Gasteiger partial charge in [0.05, 0.1) is 10.2 Å². The Kier molecular flexibility index (Phi) is 3.53.